The van der Waals surface area contributed by atoms with Crippen LogP contribution in [0.3, 0.4) is 0 Å². The van der Waals surface area contributed by atoms with Gasteiger partial charge < -0.3 is 24.6 Å². The van der Waals surface area contributed by atoms with Crippen molar-refractivity contribution in [1.29, 1.82) is 0 Å². The molecule has 0 aromatic rings. The highest BCUT2D eigenvalue weighted by molar-refractivity contribution is 7.47. The Morgan fingerprint density at radius 1 is 0.500 bits per heavy atom. The number of allylic oxidation sites excluding steroid dienone is 2. The largest absolute Gasteiger partial charge is 0.472 e. The SMILES string of the molecule is CCCCCC/C=C\CCCCCCCC(=O)OC(CO)COP(=O)(O)OCC(CO)OC(=O)CCCCCCCCCCCCCCCCCC. The number of aliphatic hydroxyl groups excluding tert-OH is 2. The fourth-order valence-electron chi connectivity index (χ4n) is 5.93. The molecule has 0 spiro atoms. The monoisotopic (exact) mass is 763 g/mol. The van der Waals surface area contributed by atoms with Crippen LogP contribution in [0.5, 0.6) is 0 Å². The Hall–Kier alpha value is -1.29. The highest BCUT2D eigenvalue weighted by Gasteiger charge is 2.27. The molecule has 3 N–H and O–H groups in total. The van der Waals surface area contributed by atoms with Gasteiger partial charge in [-0.25, -0.2) is 4.57 Å². The van der Waals surface area contributed by atoms with Crippen LogP contribution in [0.25, 0.3) is 0 Å². The van der Waals surface area contributed by atoms with Crippen LogP contribution < -0.4 is 0 Å². The molecular formula is C41H79O10P. The number of hydrogen-bond acceptors (Lipinski definition) is 9. The van der Waals surface area contributed by atoms with Crippen molar-refractivity contribution in [3.63, 3.8) is 0 Å². The van der Waals surface area contributed by atoms with Crippen molar-refractivity contribution < 1.29 is 47.8 Å². The van der Waals surface area contributed by atoms with Crippen molar-refractivity contribution >= 4 is 19.8 Å². The maximum Gasteiger partial charge on any atom is 0.472 e. The van der Waals surface area contributed by atoms with Crippen molar-refractivity contribution in [2.45, 2.75) is 212 Å². The molecule has 0 saturated heterocycles. The first-order valence-electron chi connectivity index (χ1n) is 21.1. The molecule has 0 fully saturated rings. The van der Waals surface area contributed by atoms with Gasteiger partial charge in [-0.15, -0.1) is 0 Å². The number of phosphoric ester groups is 1. The Morgan fingerprint density at radius 2 is 0.788 bits per heavy atom. The molecule has 3 unspecified atom stereocenters. The van der Waals surface area contributed by atoms with Gasteiger partial charge in [-0.05, 0) is 38.5 Å². The predicted molar refractivity (Wildman–Crippen MR) is 210 cm³/mol. The van der Waals surface area contributed by atoms with Gasteiger partial charge in [0.05, 0.1) is 26.4 Å². The zero-order valence-electron chi connectivity index (χ0n) is 33.3. The first-order chi connectivity index (χ1) is 25.3. The standard InChI is InChI=1S/C41H79O10P/c1-3-5-7-9-11-13-15-17-18-19-21-23-25-27-29-31-33-41(45)51-39(35-43)37-49-52(46,47)48-36-38(34-42)50-40(44)32-30-28-26-24-22-20-16-14-12-10-8-6-4-2/h14,16,38-39,42-43H,3-13,15,17-37H2,1-2H3,(H,46,47)/b16-14-. The minimum Gasteiger partial charge on any atom is -0.457 e. The summed E-state index contributed by atoms with van der Waals surface area (Å²) in [6.45, 7) is 2.20. The van der Waals surface area contributed by atoms with E-state index in [0.29, 0.717) is 12.8 Å². The Kier molecular flexibility index (Phi) is 37.1. The quantitative estimate of drug-likeness (QED) is 0.0238. The molecule has 0 bridgehead atoms. The number of carbonyl (C=O) groups is 2. The van der Waals surface area contributed by atoms with E-state index in [2.05, 4.69) is 26.0 Å². The van der Waals surface area contributed by atoms with Crippen LogP contribution in [0.4, 0.5) is 0 Å². The van der Waals surface area contributed by atoms with Gasteiger partial charge in [0.25, 0.3) is 0 Å². The lowest BCUT2D eigenvalue weighted by atomic mass is 10.0. The molecule has 0 amide bonds. The van der Waals surface area contributed by atoms with E-state index in [4.69, 9.17) is 18.5 Å². The third-order valence-electron chi connectivity index (χ3n) is 9.23. The highest BCUT2D eigenvalue weighted by Crippen LogP contribution is 2.43. The summed E-state index contributed by atoms with van der Waals surface area (Å²) in [7, 11) is -4.63. The number of aliphatic hydroxyl groups is 2. The lowest BCUT2D eigenvalue weighted by molar-refractivity contribution is -0.153. The molecule has 0 aliphatic rings. The van der Waals surface area contributed by atoms with Crippen molar-refractivity contribution in [2.75, 3.05) is 26.4 Å². The van der Waals surface area contributed by atoms with Crippen molar-refractivity contribution in [3.05, 3.63) is 12.2 Å². The van der Waals surface area contributed by atoms with Crippen molar-refractivity contribution in [1.82, 2.24) is 0 Å². The number of hydrogen-bond donors (Lipinski definition) is 3. The lowest BCUT2D eigenvalue weighted by Gasteiger charge is -2.20. The first-order valence-corrected chi connectivity index (χ1v) is 22.6. The summed E-state index contributed by atoms with van der Waals surface area (Å²) >= 11 is 0. The lowest BCUT2D eigenvalue weighted by Crippen LogP contribution is -2.28. The molecular weight excluding hydrogens is 683 g/mol. The van der Waals surface area contributed by atoms with Gasteiger partial charge in [-0.1, -0.05) is 161 Å². The summed E-state index contributed by atoms with van der Waals surface area (Å²) in [6.07, 6.45) is 34.7. The average molecular weight is 763 g/mol. The molecule has 0 aromatic carbocycles. The normalized spacial score (nSPS) is 14.0. The third-order valence-corrected chi connectivity index (χ3v) is 10.2. The summed E-state index contributed by atoms with van der Waals surface area (Å²) in [4.78, 5) is 34.4. The van der Waals surface area contributed by atoms with Gasteiger partial charge in [0.15, 0.2) is 0 Å². The highest BCUT2D eigenvalue weighted by atomic mass is 31.2. The molecule has 0 aliphatic carbocycles. The zero-order valence-corrected chi connectivity index (χ0v) is 34.2. The first kappa shape index (κ1) is 50.7. The average Bonchev–Trinajstić information content (AvgIpc) is 3.13. The van der Waals surface area contributed by atoms with Gasteiger partial charge in [0, 0.05) is 12.8 Å². The van der Waals surface area contributed by atoms with Gasteiger partial charge in [-0.3, -0.25) is 18.6 Å². The van der Waals surface area contributed by atoms with Crippen LogP contribution in [-0.2, 0) is 32.7 Å². The molecule has 0 saturated carbocycles. The fourth-order valence-corrected chi connectivity index (χ4v) is 6.72. The van der Waals surface area contributed by atoms with Crippen LogP contribution in [0.15, 0.2) is 12.2 Å². The van der Waals surface area contributed by atoms with E-state index in [1.165, 1.54) is 103 Å². The van der Waals surface area contributed by atoms with Crippen LogP contribution in [0.2, 0.25) is 0 Å². The molecule has 52 heavy (non-hydrogen) atoms. The topological polar surface area (TPSA) is 149 Å². The van der Waals surface area contributed by atoms with Crippen LogP contribution >= 0.6 is 7.82 Å². The minimum atomic E-state index is -4.63. The molecule has 0 rings (SSSR count). The number of carbonyl (C=O) groups excluding carboxylic acids is 2. The second-order valence-corrected chi connectivity index (χ2v) is 15.8. The maximum atomic E-state index is 12.3. The summed E-state index contributed by atoms with van der Waals surface area (Å²) in [6, 6.07) is 0. The minimum absolute atomic E-state index is 0.185. The van der Waals surface area contributed by atoms with E-state index >= 15 is 0 Å². The maximum absolute atomic E-state index is 12.3. The number of unbranched alkanes of at least 4 members (excludes halogenated alkanes) is 24. The van der Waals surface area contributed by atoms with Gasteiger partial charge in [-0.2, -0.15) is 0 Å². The van der Waals surface area contributed by atoms with Crippen molar-refractivity contribution in [2.24, 2.45) is 0 Å². The second-order valence-electron chi connectivity index (χ2n) is 14.3. The fraction of sp³-hybridized carbons (Fsp3) is 0.902. The summed E-state index contributed by atoms with van der Waals surface area (Å²) in [5.74, 6) is -1.02. The van der Waals surface area contributed by atoms with E-state index in [1.807, 2.05) is 0 Å². The van der Waals surface area contributed by atoms with Gasteiger partial charge in [0.1, 0.15) is 12.2 Å². The number of rotatable bonds is 40. The Bertz CT molecular complexity index is 884. The van der Waals surface area contributed by atoms with Crippen LogP contribution in [-0.4, -0.2) is 65.7 Å². The van der Waals surface area contributed by atoms with Crippen LogP contribution in [0.1, 0.15) is 200 Å². The van der Waals surface area contributed by atoms with Gasteiger partial charge in [0.2, 0.25) is 0 Å². The summed E-state index contributed by atoms with van der Waals surface area (Å²) in [5.41, 5.74) is 0. The zero-order chi connectivity index (χ0) is 38.4. The van der Waals surface area contributed by atoms with Gasteiger partial charge >= 0.3 is 19.8 Å². The molecule has 0 aliphatic heterocycles. The third kappa shape index (κ3) is 35.7. The van der Waals surface area contributed by atoms with Crippen LogP contribution in [0, 0.1) is 0 Å². The molecule has 0 radical (unpaired) electrons. The summed E-state index contributed by atoms with van der Waals surface area (Å²) in [5, 5.41) is 19.1. The van der Waals surface area contributed by atoms with E-state index in [9.17, 15) is 29.3 Å². The molecule has 0 aromatic heterocycles. The van der Waals surface area contributed by atoms with Crippen molar-refractivity contribution in [3.8, 4) is 0 Å². The Labute approximate surface area is 317 Å². The molecule has 3 atom stereocenters. The second kappa shape index (κ2) is 38.0. The number of esters is 2. The predicted octanol–water partition coefficient (Wildman–Crippen LogP) is 10.8. The van der Waals surface area contributed by atoms with E-state index in [1.54, 1.807) is 0 Å². The molecule has 11 heteroatoms. The Balaban J connectivity index is 3.92. The Morgan fingerprint density at radius 3 is 1.12 bits per heavy atom. The van der Waals surface area contributed by atoms with E-state index in [0.717, 1.165) is 57.8 Å². The molecule has 308 valence electrons. The smallest absolute Gasteiger partial charge is 0.457 e. The van der Waals surface area contributed by atoms with E-state index < -0.39 is 58.4 Å². The number of phosphoric acid groups is 1. The summed E-state index contributed by atoms with van der Waals surface area (Å²) < 4.78 is 32.5. The molecule has 10 nitrogen and oxygen atoms in total. The molecule has 0 heterocycles. The van der Waals surface area contributed by atoms with E-state index in [-0.39, 0.29) is 12.8 Å². The number of ether oxygens (including phenoxy) is 2.